The van der Waals surface area contributed by atoms with Crippen molar-refractivity contribution in [2.75, 3.05) is 51.4 Å². The van der Waals surface area contributed by atoms with Gasteiger partial charge in [-0.3, -0.25) is 0 Å². The molecule has 0 spiro atoms. The molecule has 0 saturated heterocycles. The van der Waals surface area contributed by atoms with Gasteiger partial charge in [0.05, 0.1) is 13.2 Å². The highest BCUT2D eigenvalue weighted by molar-refractivity contribution is 7.10. The molecule has 1 aromatic heterocycles. The number of nitrogen functional groups attached to an aromatic ring is 1. The quantitative estimate of drug-likeness (QED) is 0.702. The maximum absolute atomic E-state index is 5.89. The summed E-state index contributed by atoms with van der Waals surface area (Å²) in [6, 6.07) is 0. The van der Waals surface area contributed by atoms with E-state index >= 15 is 0 Å². The molecule has 0 amide bonds. The van der Waals surface area contributed by atoms with Crippen molar-refractivity contribution in [2.45, 2.75) is 18.8 Å². The van der Waals surface area contributed by atoms with Crippen LogP contribution in [0.1, 0.15) is 24.3 Å². The summed E-state index contributed by atoms with van der Waals surface area (Å²) in [5, 5.41) is 4.51. The van der Waals surface area contributed by atoms with Gasteiger partial charge in [0.2, 0.25) is 0 Å². The number of aromatic nitrogens is 1. The third-order valence-electron chi connectivity index (χ3n) is 2.96. The lowest BCUT2D eigenvalue weighted by molar-refractivity contribution is 0.126. The van der Waals surface area contributed by atoms with Crippen molar-refractivity contribution in [1.29, 1.82) is 0 Å². The highest BCUT2D eigenvalue weighted by Crippen LogP contribution is 2.47. The zero-order chi connectivity index (χ0) is 13.0. The third-order valence-corrected chi connectivity index (χ3v) is 3.79. The zero-order valence-corrected chi connectivity index (χ0v) is 11.9. The van der Waals surface area contributed by atoms with E-state index in [0.29, 0.717) is 11.7 Å². The van der Waals surface area contributed by atoms with Crippen molar-refractivity contribution in [3.63, 3.8) is 0 Å². The van der Waals surface area contributed by atoms with Crippen molar-refractivity contribution in [1.82, 2.24) is 9.27 Å². The Morgan fingerprint density at radius 3 is 2.89 bits per heavy atom. The molecule has 5 nitrogen and oxygen atoms in total. The number of likely N-dealkylation sites (N-methyl/N-ethyl adjacent to an activating group) is 1. The van der Waals surface area contributed by atoms with E-state index in [1.807, 2.05) is 14.1 Å². The molecular formula is C12H22N4OS. The predicted molar refractivity (Wildman–Crippen MR) is 76.4 cm³/mol. The molecule has 1 aromatic rings. The summed E-state index contributed by atoms with van der Waals surface area (Å²) in [6.07, 6.45) is 2.49. The maximum Gasteiger partial charge on any atom is 0.142 e. The van der Waals surface area contributed by atoms with Gasteiger partial charge in [-0.1, -0.05) is 0 Å². The van der Waals surface area contributed by atoms with Crippen LogP contribution in [-0.4, -0.2) is 49.7 Å². The molecule has 18 heavy (non-hydrogen) atoms. The largest absolute Gasteiger partial charge is 0.383 e. The normalized spacial score (nSPS) is 15.3. The molecule has 2 rings (SSSR count). The van der Waals surface area contributed by atoms with Gasteiger partial charge in [-0.15, -0.1) is 0 Å². The molecule has 1 heterocycles. The monoisotopic (exact) mass is 270 g/mol. The lowest BCUT2D eigenvalue weighted by Crippen LogP contribution is -2.20. The van der Waals surface area contributed by atoms with E-state index in [1.54, 1.807) is 0 Å². The van der Waals surface area contributed by atoms with Crippen molar-refractivity contribution in [3.05, 3.63) is 5.56 Å². The minimum atomic E-state index is 0.640. The van der Waals surface area contributed by atoms with Crippen LogP contribution in [0.25, 0.3) is 0 Å². The van der Waals surface area contributed by atoms with Gasteiger partial charge in [0, 0.05) is 18.7 Å². The number of anilines is 2. The van der Waals surface area contributed by atoms with E-state index in [0.717, 1.165) is 31.3 Å². The van der Waals surface area contributed by atoms with Crippen LogP contribution in [0.5, 0.6) is 0 Å². The highest BCUT2D eigenvalue weighted by Gasteiger charge is 2.30. The molecule has 1 aliphatic carbocycles. The van der Waals surface area contributed by atoms with Gasteiger partial charge >= 0.3 is 0 Å². The summed E-state index contributed by atoms with van der Waals surface area (Å²) < 4.78 is 9.76. The Labute approximate surface area is 112 Å². The Morgan fingerprint density at radius 1 is 1.44 bits per heavy atom. The maximum atomic E-state index is 5.89. The molecule has 0 atom stereocenters. The molecule has 3 N–H and O–H groups in total. The topological polar surface area (TPSA) is 63.4 Å². The van der Waals surface area contributed by atoms with Crippen LogP contribution in [-0.2, 0) is 4.74 Å². The Bertz CT molecular complexity index is 376. The molecule has 1 saturated carbocycles. The zero-order valence-electron chi connectivity index (χ0n) is 11.1. The van der Waals surface area contributed by atoms with Crippen LogP contribution in [0.4, 0.5) is 10.8 Å². The van der Waals surface area contributed by atoms with Crippen LogP contribution >= 0.6 is 11.5 Å². The molecule has 0 bridgehead atoms. The molecule has 1 aliphatic rings. The second kappa shape index (κ2) is 6.36. The number of nitrogens with zero attached hydrogens (tertiary/aromatic N) is 2. The molecule has 0 radical (unpaired) electrons. The van der Waals surface area contributed by atoms with Crippen LogP contribution in [0.2, 0.25) is 0 Å². The molecule has 102 valence electrons. The van der Waals surface area contributed by atoms with Gasteiger partial charge < -0.3 is 20.7 Å². The fourth-order valence-corrected chi connectivity index (χ4v) is 2.61. The summed E-state index contributed by atoms with van der Waals surface area (Å²) in [7, 11) is 4.09. The number of hydrogen-bond donors (Lipinski definition) is 2. The lowest BCUT2D eigenvalue weighted by atomic mass is 10.2. The Hall–Kier alpha value is -0.850. The first kappa shape index (κ1) is 13.6. The first-order chi connectivity index (χ1) is 8.68. The summed E-state index contributed by atoms with van der Waals surface area (Å²) in [4.78, 5) is 2.11. The predicted octanol–water partition coefficient (Wildman–Crippen LogP) is 1.59. The standard InChI is InChI=1S/C12H22N4OS/c1-16(2)6-8-17-7-5-14-12-10(9-3-4-9)11(13)15-18-12/h9,14H,3-8H2,1-2H3,(H2,13,15). The first-order valence-corrected chi connectivity index (χ1v) is 7.17. The van der Waals surface area contributed by atoms with Crippen LogP contribution in [0, 0.1) is 0 Å². The number of rotatable bonds is 8. The fraction of sp³-hybridized carbons (Fsp3) is 0.750. The number of ether oxygens (including phenoxy) is 1. The van der Waals surface area contributed by atoms with Crippen LogP contribution in [0.3, 0.4) is 0 Å². The van der Waals surface area contributed by atoms with Gasteiger partial charge in [0.1, 0.15) is 10.8 Å². The Balaban J connectivity index is 1.67. The Morgan fingerprint density at radius 2 is 2.22 bits per heavy atom. The van der Waals surface area contributed by atoms with Crippen molar-refractivity contribution < 1.29 is 4.74 Å². The fourth-order valence-electron chi connectivity index (χ4n) is 1.79. The molecular weight excluding hydrogens is 248 g/mol. The summed E-state index contributed by atoms with van der Waals surface area (Å²) in [5.74, 6) is 1.35. The summed E-state index contributed by atoms with van der Waals surface area (Å²) in [6.45, 7) is 3.26. The average Bonchev–Trinajstić information content (AvgIpc) is 3.08. The molecule has 0 aliphatic heterocycles. The van der Waals surface area contributed by atoms with Crippen molar-refractivity contribution in [2.24, 2.45) is 0 Å². The molecule has 0 aromatic carbocycles. The second-order valence-electron chi connectivity index (χ2n) is 4.93. The van der Waals surface area contributed by atoms with Gasteiger partial charge in [-0.2, -0.15) is 4.37 Å². The van der Waals surface area contributed by atoms with E-state index in [4.69, 9.17) is 10.5 Å². The van der Waals surface area contributed by atoms with Gasteiger partial charge in [0.25, 0.3) is 0 Å². The minimum absolute atomic E-state index is 0.640. The SMILES string of the molecule is CN(C)CCOCCNc1snc(N)c1C1CC1. The lowest BCUT2D eigenvalue weighted by Gasteiger charge is -2.10. The van der Waals surface area contributed by atoms with Gasteiger partial charge in [-0.05, 0) is 44.4 Å². The number of nitrogens with one attached hydrogen (secondary N) is 1. The van der Waals surface area contributed by atoms with Gasteiger partial charge in [-0.25, -0.2) is 0 Å². The van der Waals surface area contributed by atoms with E-state index in [-0.39, 0.29) is 0 Å². The second-order valence-corrected chi connectivity index (χ2v) is 5.70. The van der Waals surface area contributed by atoms with Crippen LogP contribution in [0.15, 0.2) is 0 Å². The molecule has 0 unspecified atom stereocenters. The molecule has 6 heteroatoms. The number of hydrogen-bond acceptors (Lipinski definition) is 6. The van der Waals surface area contributed by atoms with Crippen molar-refractivity contribution >= 4 is 22.4 Å². The molecule has 1 fully saturated rings. The Kier molecular flexibility index (Phi) is 4.79. The number of nitrogens with two attached hydrogens (primary N) is 1. The van der Waals surface area contributed by atoms with Crippen LogP contribution < -0.4 is 11.1 Å². The van der Waals surface area contributed by atoms with E-state index in [9.17, 15) is 0 Å². The minimum Gasteiger partial charge on any atom is -0.383 e. The third kappa shape index (κ3) is 3.83. The highest BCUT2D eigenvalue weighted by atomic mass is 32.1. The van der Waals surface area contributed by atoms with Crippen molar-refractivity contribution in [3.8, 4) is 0 Å². The van der Waals surface area contributed by atoms with Gasteiger partial charge in [0.15, 0.2) is 0 Å². The smallest absolute Gasteiger partial charge is 0.142 e. The van der Waals surface area contributed by atoms with E-state index in [1.165, 1.54) is 29.9 Å². The van der Waals surface area contributed by atoms with E-state index < -0.39 is 0 Å². The average molecular weight is 270 g/mol. The van der Waals surface area contributed by atoms with E-state index in [2.05, 4.69) is 14.6 Å². The first-order valence-electron chi connectivity index (χ1n) is 6.40. The summed E-state index contributed by atoms with van der Waals surface area (Å²) >= 11 is 1.46. The summed E-state index contributed by atoms with van der Waals surface area (Å²) in [5.41, 5.74) is 7.12.